The summed E-state index contributed by atoms with van der Waals surface area (Å²) in [6.07, 6.45) is 0. The zero-order valence-corrected chi connectivity index (χ0v) is 12.6. The van der Waals surface area contributed by atoms with Gasteiger partial charge in [-0.3, -0.25) is 4.79 Å². The molecule has 1 heterocycles. The van der Waals surface area contributed by atoms with E-state index in [1.54, 1.807) is 0 Å². The van der Waals surface area contributed by atoms with Crippen molar-refractivity contribution >= 4 is 11.7 Å². The lowest BCUT2D eigenvalue weighted by molar-refractivity contribution is 1.33. The van der Waals surface area contributed by atoms with E-state index >= 15 is 0 Å². The van der Waals surface area contributed by atoms with E-state index in [0.29, 0.717) is 11.4 Å². The van der Waals surface area contributed by atoms with Gasteiger partial charge >= 0.3 is 0 Å². The van der Waals surface area contributed by atoms with Crippen molar-refractivity contribution in [3.8, 4) is 22.5 Å². The quantitative estimate of drug-likeness (QED) is 0.721. The molecule has 3 nitrogen and oxygen atoms in total. The van der Waals surface area contributed by atoms with Crippen molar-refractivity contribution in [2.24, 2.45) is 0 Å². The van der Waals surface area contributed by atoms with E-state index in [9.17, 15) is 4.79 Å². The molecule has 0 bridgehead atoms. The molecule has 0 saturated heterocycles. The molecule has 1 aromatic heterocycles. The Morgan fingerprint density at radius 1 is 0.714 bits per heavy atom. The maximum Gasteiger partial charge on any atom is 0.233 e. The molecule has 0 radical (unpaired) electrons. The maximum atomic E-state index is 12.6. The predicted octanol–water partition coefficient (Wildman–Crippen LogP) is 3.85. The molecule has 0 aliphatic carbocycles. The van der Waals surface area contributed by atoms with Crippen LogP contribution in [0.15, 0.2) is 53.3 Å². The van der Waals surface area contributed by atoms with E-state index in [-0.39, 0.29) is 5.43 Å². The normalized spacial score (nSPS) is 10.6. The molecule has 4 heteroatoms. The van der Waals surface area contributed by atoms with Crippen LogP contribution in [-0.4, -0.2) is 8.75 Å². The monoisotopic (exact) mass is 294 g/mol. The molecule has 0 aliphatic rings. The van der Waals surface area contributed by atoms with Crippen LogP contribution < -0.4 is 5.43 Å². The Kier molecular flexibility index (Phi) is 3.62. The fraction of sp³-hybridized carbons (Fsp3) is 0.118. The Bertz CT molecular complexity index is 754. The fourth-order valence-corrected chi connectivity index (χ4v) is 2.67. The molecule has 0 fully saturated rings. The molecule has 0 atom stereocenters. The summed E-state index contributed by atoms with van der Waals surface area (Å²) in [5.41, 5.74) is 4.78. The summed E-state index contributed by atoms with van der Waals surface area (Å²) in [7, 11) is 0. The average Bonchev–Trinajstić information content (AvgIpc) is 2.50. The fourth-order valence-electron chi connectivity index (χ4n) is 2.09. The maximum absolute atomic E-state index is 12.6. The first-order valence-corrected chi connectivity index (χ1v) is 7.39. The standard InChI is InChI=1S/C17H14N2OS/c1-11-3-7-13(8-4-11)15-17(20)16(19-21-18-15)14-9-5-12(2)6-10-14/h3-10H,1-2H3. The molecule has 0 saturated carbocycles. The van der Waals surface area contributed by atoms with Crippen LogP contribution in [0.2, 0.25) is 0 Å². The SMILES string of the molecule is Cc1ccc(-c2nsnc(-c3ccc(C)cc3)c2=O)cc1. The summed E-state index contributed by atoms with van der Waals surface area (Å²) in [6, 6.07) is 15.6. The zero-order valence-electron chi connectivity index (χ0n) is 11.8. The highest BCUT2D eigenvalue weighted by molar-refractivity contribution is 6.99. The lowest BCUT2D eigenvalue weighted by atomic mass is 10.1. The van der Waals surface area contributed by atoms with E-state index in [2.05, 4.69) is 8.75 Å². The van der Waals surface area contributed by atoms with Gasteiger partial charge in [-0.15, -0.1) is 0 Å². The molecule has 0 spiro atoms. The highest BCUT2D eigenvalue weighted by atomic mass is 32.1. The third-order valence-electron chi connectivity index (χ3n) is 3.34. The van der Waals surface area contributed by atoms with Crippen LogP contribution in [0.3, 0.4) is 0 Å². The van der Waals surface area contributed by atoms with E-state index in [1.165, 1.54) is 0 Å². The highest BCUT2D eigenvalue weighted by Gasteiger charge is 2.12. The molecule has 3 rings (SSSR count). The third kappa shape index (κ3) is 2.76. The van der Waals surface area contributed by atoms with E-state index < -0.39 is 0 Å². The lowest BCUT2D eigenvalue weighted by Gasteiger charge is -2.03. The summed E-state index contributed by atoms with van der Waals surface area (Å²) in [6.45, 7) is 4.03. The smallest absolute Gasteiger partial charge is 0.233 e. The van der Waals surface area contributed by atoms with Crippen molar-refractivity contribution in [1.82, 2.24) is 8.75 Å². The van der Waals surface area contributed by atoms with Crippen LogP contribution in [0.25, 0.3) is 22.5 Å². The van der Waals surface area contributed by atoms with Crippen LogP contribution >= 0.6 is 11.7 Å². The Hall–Kier alpha value is -2.33. The van der Waals surface area contributed by atoms with Crippen molar-refractivity contribution in [2.45, 2.75) is 13.8 Å². The molecule has 21 heavy (non-hydrogen) atoms. The van der Waals surface area contributed by atoms with Crippen molar-refractivity contribution in [3.05, 3.63) is 69.9 Å². The molecule has 3 aromatic rings. The largest absolute Gasteiger partial charge is 0.285 e. The first-order chi connectivity index (χ1) is 10.1. The van der Waals surface area contributed by atoms with E-state index in [4.69, 9.17) is 0 Å². The summed E-state index contributed by atoms with van der Waals surface area (Å²) in [5.74, 6) is 0. The summed E-state index contributed by atoms with van der Waals surface area (Å²) >= 11 is 1.07. The van der Waals surface area contributed by atoms with Gasteiger partial charge in [0.15, 0.2) is 0 Å². The summed E-state index contributed by atoms with van der Waals surface area (Å²) in [4.78, 5) is 12.6. The molecule has 0 unspecified atom stereocenters. The molecule has 2 aromatic carbocycles. The van der Waals surface area contributed by atoms with E-state index in [0.717, 1.165) is 34.0 Å². The van der Waals surface area contributed by atoms with Crippen LogP contribution in [0.5, 0.6) is 0 Å². The molecular formula is C17H14N2OS. The van der Waals surface area contributed by atoms with Gasteiger partial charge in [-0.05, 0) is 13.8 Å². The summed E-state index contributed by atoms with van der Waals surface area (Å²) in [5, 5.41) is 0. The van der Waals surface area contributed by atoms with Crippen molar-refractivity contribution in [1.29, 1.82) is 0 Å². The number of rotatable bonds is 2. The van der Waals surface area contributed by atoms with Crippen LogP contribution in [0.1, 0.15) is 11.1 Å². The minimum atomic E-state index is -0.124. The first-order valence-electron chi connectivity index (χ1n) is 6.66. The van der Waals surface area contributed by atoms with Crippen molar-refractivity contribution < 1.29 is 0 Å². The molecule has 104 valence electrons. The van der Waals surface area contributed by atoms with Gasteiger partial charge in [-0.25, -0.2) is 0 Å². The Balaban J connectivity index is 2.13. The average molecular weight is 294 g/mol. The number of benzene rings is 2. The molecule has 0 N–H and O–H groups in total. The number of aromatic nitrogens is 2. The zero-order chi connectivity index (χ0) is 14.8. The van der Waals surface area contributed by atoms with Gasteiger partial charge in [0.25, 0.3) is 0 Å². The number of aryl methyl sites for hydroxylation is 2. The predicted molar refractivity (Wildman–Crippen MR) is 86.5 cm³/mol. The molecule has 0 amide bonds. The number of hydrogen-bond donors (Lipinski definition) is 0. The Morgan fingerprint density at radius 3 is 1.48 bits per heavy atom. The van der Waals surface area contributed by atoms with Gasteiger partial charge in [0.2, 0.25) is 5.43 Å². The number of nitrogens with zero attached hydrogens (tertiary/aromatic N) is 2. The molecule has 0 aliphatic heterocycles. The van der Waals surface area contributed by atoms with Gasteiger partial charge in [0.1, 0.15) is 11.4 Å². The third-order valence-corrected chi connectivity index (χ3v) is 3.87. The second kappa shape index (κ2) is 5.58. The van der Waals surface area contributed by atoms with Gasteiger partial charge in [0, 0.05) is 11.1 Å². The van der Waals surface area contributed by atoms with Gasteiger partial charge in [-0.2, -0.15) is 8.75 Å². The van der Waals surface area contributed by atoms with Gasteiger partial charge < -0.3 is 0 Å². The minimum absolute atomic E-state index is 0.124. The van der Waals surface area contributed by atoms with Gasteiger partial charge in [-0.1, -0.05) is 59.7 Å². The van der Waals surface area contributed by atoms with Crippen molar-refractivity contribution in [2.75, 3.05) is 0 Å². The Labute approximate surface area is 127 Å². The topological polar surface area (TPSA) is 42.9 Å². The summed E-state index contributed by atoms with van der Waals surface area (Å²) < 4.78 is 8.40. The second-order valence-corrected chi connectivity index (χ2v) is 5.55. The lowest BCUT2D eigenvalue weighted by Crippen LogP contribution is -2.10. The van der Waals surface area contributed by atoms with Crippen LogP contribution in [-0.2, 0) is 0 Å². The van der Waals surface area contributed by atoms with Gasteiger partial charge in [0.05, 0.1) is 11.7 Å². The number of hydrogen-bond acceptors (Lipinski definition) is 4. The minimum Gasteiger partial charge on any atom is -0.285 e. The van der Waals surface area contributed by atoms with Crippen molar-refractivity contribution in [3.63, 3.8) is 0 Å². The van der Waals surface area contributed by atoms with Crippen LogP contribution in [0.4, 0.5) is 0 Å². The Morgan fingerprint density at radius 2 is 1.10 bits per heavy atom. The molecular weight excluding hydrogens is 280 g/mol. The second-order valence-electron chi connectivity index (χ2n) is 5.02. The first kappa shape index (κ1) is 13.6. The highest BCUT2D eigenvalue weighted by Crippen LogP contribution is 2.19. The van der Waals surface area contributed by atoms with Crippen LogP contribution in [0, 0.1) is 13.8 Å². The van der Waals surface area contributed by atoms with E-state index in [1.807, 2.05) is 62.4 Å².